The van der Waals surface area contributed by atoms with Gasteiger partial charge in [-0.05, 0) is 42.8 Å². The molecule has 1 N–H and O–H groups in total. The maximum Gasteiger partial charge on any atom is 0.261 e. The lowest BCUT2D eigenvalue weighted by Gasteiger charge is -2.12. The predicted octanol–water partition coefficient (Wildman–Crippen LogP) is 3.88. The van der Waals surface area contributed by atoms with Gasteiger partial charge >= 0.3 is 0 Å². The van der Waals surface area contributed by atoms with Crippen molar-refractivity contribution in [1.29, 1.82) is 0 Å². The smallest absolute Gasteiger partial charge is 0.261 e. The Morgan fingerprint density at radius 1 is 1.07 bits per heavy atom. The van der Waals surface area contributed by atoms with Crippen LogP contribution in [0.2, 0.25) is 10.0 Å². The Morgan fingerprint density at radius 3 is 2.56 bits per heavy atom. The van der Waals surface area contributed by atoms with Crippen LogP contribution in [-0.2, 0) is 4.74 Å². The van der Waals surface area contributed by atoms with Crippen molar-refractivity contribution in [2.75, 3.05) is 25.6 Å². The van der Waals surface area contributed by atoms with E-state index in [0.29, 0.717) is 28.8 Å². The second-order valence-electron chi connectivity index (χ2n) is 5.95. The highest BCUT2D eigenvalue weighted by molar-refractivity contribution is 6.36. The standard InChI is InChI=1S/C19H16Cl2N2O4/c1-27-8-2-7-23-18(25)13-5-3-11(9-14(13)19(23)26)17(24)22-16-10-12(20)4-6-15(16)21/h3-6,9-10H,2,7-8H2,1H3,(H,22,24). The number of methoxy groups -OCH3 is 1. The summed E-state index contributed by atoms with van der Waals surface area (Å²) in [4.78, 5) is 38.6. The number of benzene rings is 2. The number of carbonyl (C=O) groups is 3. The van der Waals surface area contributed by atoms with Crippen LogP contribution in [0.15, 0.2) is 36.4 Å². The lowest BCUT2D eigenvalue weighted by Crippen LogP contribution is -2.31. The van der Waals surface area contributed by atoms with Crippen molar-refractivity contribution < 1.29 is 19.1 Å². The molecule has 0 radical (unpaired) electrons. The Morgan fingerprint density at radius 2 is 1.81 bits per heavy atom. The third-order valence-corrected chi connectivity index (χ3v) is 4.70. The number of carbonyl (C=O) groups excluding carboxylic acids is 3. The van der Waals surface area contributed by atoms with E-state index in [2.05, 4.69) is 5.32 Å². The highest BCUT2D eigenvalue weighted by Crippen LogP contribution is 2.27. The molecule has 0 saturated heterocycles. The van der Waals surface area contributed by atoms with Crippen LogP contribution in [0.5, 0.6) is 0 Å². The van der Waals surface area contributed by atoms with Crippen LogP contribution in [0.4, 0.5) is 5.69 Å². The largest absolute Gasteiger partial charge is 0.385 e. The lowest BCUT2D eigenvalue weighted by molar-refractivity contribution is 0.0638. The molecule has 0 aliphatic carbocycles. The van der Waals surface area contributed by atoms with Crippen molar-refractivity contribution in [3.05, 3.63) is 63.1 Å². The van der Waals surface area contributed by atoms with Crippen LogP contribution in [-0.4, -0.2) is 42.9 Å². The van der Waals surface area contributed by atoms with E-state index in [1.54, 1.807) is 19.2 Å². The van der Waals surface area contributed by atoms with Gasteiger partial charge in [0.1, 0.15) is 0 Å². The lowest BCUT2D eigenvalue weighted by atomic mass is 10.1. The molecule has 140 valence electrons. The zero-order valence-electron chi connectivity index (χ0n) is 14.4. The molecule has 1 aliphatic heterocycles. The number of halogens is 2. The van der Waals surface area contributed by atoms with Crippen LogP contribution in [0.3, 0.4) is 0 Å². The summed E-state index contributed by atoms with van der Waals surface area (Å²) in [5.74, 6) is -1.24. The summed E-state index contributed by atoms with van der Waals surface area (Å²) in [6, 6.07) is 9.11. The summed E-state index contributed by atoms with van der Waals surface area (Å²) in [7, 11) is 1.55. The average Bonchev–Trinajstić information content (AvgIpc) is 2.89. The fourth-order valence-corrected chi connectivity index (χ4v) is 3.13. The van der Waals surface area contributed by atoms with Crippen molar-refractivity contribution in [3.63, 3.8) is 0 Å². The summed E-state index contributed by atoms with van der Waals surface area (Å²) < 4.78 is 4.95. The molecular weight excluding hydrogens is 391 g/mol. The van der Waals surface area contributed by atoms with Gasteiger partial charge in [0.25, 0.3) is 17.7 Å². The van der Waals surface area contributed by atoms with E-state index in [1.165, 1.54) is 29.2 Å². The van der Waals surface area contributed by atoms with Crippen LogP contribution in [0.1, 0.15) is 37.5 Å². The van der Waals surface area contributed by atoms with Gasteiger partial charge < -0.3 is 10.1 Å². The molecule has 3 amide bonds. The first-order valence-electron chi connectivity index (χ1n) is 8.18. The zero-order chi connectivity index (χ0) is 19.6. The van der Waals surface area contributed by atoms with Crippen molar-refractivity contribution in [3.8, 4) is 0 Å². The van der Waals surface area contributed by atoms with Gasteiger partial charge in [0.15, 0.2) is 0 Å². The number of fused-ring (bicyclic) bond motifs is 1. The van der Waals surface area contributed by atoms with Crippen molar-refractivity contribution in [2.24, 2.45) is 0 Å². The molecule has 0 aromatic heterocycles. The third-order valence-electron chi connectivity index (χ3n) is 4.14. The second kappa shape index (κ2) is 8.08. The molecule has 2 aromatic rings. The summed E-state index contributed by atoms with van der Waals surface area (Å²) in [6.45, 7) is 0.710. The molecular formula is C19H16Cl2N2O4. The number of nitrogens with zero attached hydrogens (tertiary/aromatic N) is 1. The van der Waals surface area contributed by atoms with E-state index in [1.807, 2.05) is 0 Å². The minimum Gasteiger partial charge on any atom is -0.385 e. The SMILES string of the molecule is COCCCN1C(=O)c2ccc(C(=O)Nc3cc(Cl)ccc3Cl)cc2C1=O. The summed E-state index contributed by atoms with van der Waals surface area (Å²) in [6.07, 6.45) is 0.544. The molecule has 0 bridgehead atoms. The Hall–Kier alpha value is -2.41. The molecule has 2 aromatic carbocycles. The number of anilines is 1. The van der Waals surface area contributed by atoms with E-state index in [4.69, 9.17) is 27.9 Å². The summed E-state index contributed by atoms with van der Waals surface area (Å²) in [5, 5.41) is 3.42. The number of nitrogens with one attached hydrogen (secondary N) is 1. The van der Waals surface area contributed by atoms with Crippen molar-refractivity contribution >= 4 is 46.6 Å². The van der Waals surface area contributed by atoms with E-state index in [-0.39, 0.29) is 29.1 Å². The van der Waals surface area contributed by atoms with Gasteiger partial charge in [0, 0.05) is 30.8 Å². The van der Waals surface area contributed by atoms with E-state index < -0.39 is 11.8 Å². The first kappa shape index (κ1) is 19.4. The first-order valence-corrected chi connectivity index (χ1v) is 8.93. The Labute approximate surface area is 166 Å². The molecule has 8 heteroatoms. The van der Waals surface area contributed by atoms with E-state index >= 15 is 0 Å². The van der Waals surface area contributed by atoms with Crippen LogP contribution in [0.25, 0.3) is 0 Å². The van der Waals surface area contributed by atoms with Gasteiger partial charge in [-0.15, -0.1) is 0 Å². The molecule has 1 heterocycles. The Balaban J connectivity index is 1.81. The van der Waals surface area contributed by atoms with Gasteiger partial charge in [-0.1, -0.05) is 23.2 Å². The maximum absolute atomic E-state index is 12.5. The number of hydrogen-bond acceptors (Lipinski definition) is 4. The normalized spacial score (nSPS) is 13.1. The number of rotatable bonds is 6. The summed E-state index contributed by atoms with van der Waals surface area (Å²) in [5.41, 5.74) is 1.10. The maximum atomic E-state index is 12.5. The Bertz CT molecular complexity index is 930. The third kappa shape index (κ3) is 3.98. The summed E-state index contributed by atoms with van der Waals surface area (Å²) >= 11 is 12.0. The highest BCUT2D eigenvalue weighted by Gasteiger charge is 2.35. The molecule has 27 heavy (non-hydrogen) atoms. The molecule has 0 fully saturated rings. The monoisotopic (exact) mass is 406 g/mol. The molecule has 0 saturated carbocycles. The molecule has 0 spiro atoms. The predicted molar refractivity (Wildman–Crippen MR) is 103 cm³/mol. The number of imide groups is 1. The zero-order valence-corrected chi connectivity index (χ0v) is 15.9. The van der Waals surface area contributed by atoms with E-state index in [9.17, 15) is 14.4 Å². The molecule has 3 rings (SSSR count). The van der Waals surface area contributed by atoms with Gasteiger partial charge in [-0.3, -0.25) is 19.3 Å². The minimum atomic E-state index is -0.458. The molecule has 0 unspecified atom stereocenters. The van der Waals surface area contributed by atoms with Gasteiger partial charge in [-0.25, -0.2) is 0 Å². The fourth-order valence-electron chi connectivity index (χ4n) is 2.79. The highest BCUT2D eigenvalue weighted by atomic mass is 35.5. The van der Waals surface area contributed by atoms with Crippen LogP contribution in [0, 0.1) is 0 Å². The fraction of sp³-hybridized carbons (Fsp3) is 0.211. The number of ether oxygens (including phenoxy) is 1. The molecule has 1 aliphatic rings. The average molecular weight is 407 g/mol. The van der Waals surface area contributed by atoms with E-state index in [0.717, 1.165) is 0 Å². The van der Waals surface area contributed by atoms with Crippen LogP contribution >= 0.6 is 23.2 Å². The second-order valence-corrected chi connectivity index (χ2v) is 6.79. The molecule has 6 nitrogen and oxygen atoms in total. The van der Waals surface area contributed by atoms with Gasteiger partial charge in [0.05, 0.1) is 21.8 Å². The minimum absolute atomic E-state index is 0.210. The topological polar surface area (TPSA) is 75.7 Å². The quantitative estimate of drug-likeness (QED) is 0.583. The van der Waals surface area contributed by atoms with Gasteiger partial charge in [-0.2, -0.15) is 0 Å². The molecule has 0 atom stereocenters. The van der Waals surface area contributed by atoms with Crippen LogP contribution < -0.4 is 5.32 Å². The Kier molecular flexibility index (Phi) is 5.79. The number of amides is 3. The first-order chi connectivity index (χ1) is 12.9. The van der Waals surface area contributed by atoms with Gasteiger partial charge in [0.2, 0.25) is 0 Å². The van der Waals surface area contributed by atoms with Crippen molar-refractivity contribution in [2.45, 2.75) is 6.42 Å². The number of hydrogen-bond donors (Lipinski definition) is 1. The van der Waals surface area contributed by atoms with Crippen molar-refractivity contribution in [1.82, 2.24) is 4.90 Å².